The Bertz CT molecular complexity index is 878. The van der Waals surface area contributed by atoms with Gasteiger partial charge in [-0.15, -0.1) is 11.8 Å². The number of hydrogen-bond acceptors (Lipinski definition) is 5. The van der Waals surface area contributed by atoms with Gasteiger partial charge >= 0.3 is 0 Å². The minimum absolute atomic E-state index is 0.0965. The molecule has 2 rings (SSSR count). The third-order valence-electron chi connectivity index (χ3n) is 4.26. The van der Waals surface area contributed by atoms with Gasteiger partial charge in [-0.2, -0.15) is 5.10 Å². The topological polar surface area (TPSA) is 81.1 Å². The molecule has 0 aliphatic rings. The lowest BCUT2D eigenvalue weighted by atomic mass is 10.3. The van der Waals surface area contributed by atoms with Gasteiger partial charge in [-0.3, -0.25) is 4.79 Å². The van der Waals surface area contributed by atoms with Crippen LogP contribution in [0.25, 0.3) is 0 Å². The summed E-state index contributed by atoms with van der Waals surface area (Å²) in [6.07, 6.45) is 3.11. The normalized spacial score (nSPS) is 13.9. The Morgan fingerprint density at radius 3 is 2.59 bits per heavy atom. The van der Waals surface area contributed by atoms with Gasteiger partial charge in [-0.1, -0.05) is 26.0 Å². The van der Waals surface area contributed by atoms with E-state index >= 15 is 0 Å². The fraction of sp³-hybridized carbons (Fsp3) is 0.474. The van der Waals surface area contributed by atoms with Crippen molar-refractivity contribution < 1.29 is 13.2 Å². The standard InChI is InChI=1S/C19H27N3O3S2/c1-5-13-27(24,25)17-10-8-7-9-16(17)26-15(4)19(23)21-18-11-12-20-22(18)14(3)6-2/h7-12,14-15H,5-6,13H2,1-4H3,(H,21,23). The highest BCUT2D eigenvalue weighted by Gasteiger charge is 2.22. The molecule has 0 radical (unpaired) electrons. The molecule has 2 atom stereocenters. The molecule has 1 N–H and O–H groups in total. The van der Waals surface area contributed by atoms with E-state index in [0.29, 0.717) is 22.0 Å². The summed E-state index contributed by atoms with van der Waals surface area (Å²) in [5.74, 6) is 0.556. The predicted molar refractivity (Wildman–Crippen MR) is 110 cm³/mol. The highest BCUT2D eigenvalue weighted by atomic mass is 32.2. The summed E-state index contributed by atoms with van der Waals surface area (Å²) in [6, 6.07) is 8.80. The van der Waals surface area contributed by atoms with E-state index in [4.69, 9.17) is 0 Å². The van der Waals surface area contributed by atoms with Gasteiger partial charge in [0, 0.05) is 11.0 Å². The van der Waals surface area contributed by atoms with Crippen LogP contribution in [-0.2, 0) is 14.6 Å². The van der Waals surface area contributed by atoms with Gasteiger partial charge in [0.1, 0.15) is 5.82 Å². The molecule has 0 saturated heterocycles. The molecular weight excluding hydrogens is 382 g/mol. The molecule has 2 aromatic rings. The molecule has 27 heavy (non-hydrogen) atoms. The lowest BCUT2D eigenvalue weighted by Crippen LogP contribution is -2.25. The van der Waals surface area contributed by atoms with E-state index < -0.39 is 15.1 Å². The molecule has 1 aromatic carbocycles. The van der Waals surface area contributed by atoms with Crippen LogP contribution in [0.3, 0.4) is 0 Å². The van der Waals surface area contributed by atoms with Crippen LogP contribution in [0.15, 0.2) is 46.3 Å². The second kappa shape index (κ2) is 9.41. The monoisotopic (exact) mass is 409 g/mol. The first-order valence-corrected chi connectivity index (χ1v) is 11.7. The Labute approximate surface area is 165 Å². The molecule has 0 saturated carbocycles. The van der Waals surface area contributed by atoms with Gasteiger partial charge in [0.15, 0.2) is 9.84 Å². The predicted octanol–water partition coefficient (Wildman–Crippen LogP) is 4.16. The second-order valence-corrected chi connectivity index (χ2v) is 9.89. The van der Waals surface area contributed by atoms with Gasteiger partial charge in [0.2, 0.25) is 5.91 Å². The number of benzene rings is 1. The summed E-state index contributed by atoms with van der Waals surface area (Å²) in [5, 5.41) is 6.71. The Hall–Kier alpha value is -1.80. The summed E-state index contributed by atoms with van der Waals surface area (Å²) in [4.78, 5) is 13.5. The fourth-order valence-corrected chi connectivity index (χ4v) is 5.42. The van der Waals surface area contributed by atoms with Crippen LogP contribution in [0.5, 0.6) is 0 Å². The van der Waals surface area contributed by atoms with Crippen molar-refractivity contribution in [3.63, 3.8) is 0 Å². The van der Waals surface area contributed by atoms with Crippen LogP contribution in [0, 0.1) is 0 Å². The maximum absolute atomic E-state index is 12.6. The van der Waals surface area contributed by atoms with Gasteiger partial charge in [0.05, 0.1) is 28.1 Å². The van der Waals surface area contributed by atoms with Gasteiger partial charge < -0.3 is 5.32 Å². The summed E-state index contributed by atoms with van der Waals surface area (Å²) >= 11 is 1.25. The zero-order valence-corrected chi connectivity index (χ0v) is 17.8. The number of hydrogen-bond donors (Lipinski definition) is 1. The number of sulfone groups is 1. The van der Waals surface area contributed by atoms with Crippen LogP contribution >= 0.6 is 11.8 Å². The van der Waals surface area contributed by atoms with Crippen molar-refractivity contribution in [2.45, 2.75) is 61.6 Å². The zero-order valence-electron chi connectivity index (χ0n) is 16.2. The van der Waals surface area contributed by atoms with Crippen LogP contribution < -0.4 is 5.32 Å². The molecule has 1 heterocycles. The molecular formula is C19H27N3O3S2. The molecule has 0 spiro atoms. The third-order valence-corrected chi connectivity index (χ3v) is 7.54. The number of amides is 1. The Morgan fingerprint density at radius 2 is 1.93 bits per heavy atom. The van der Waals surface area contributed by atoms with Crippen LogP contribution in [0.1, 0.15) is 46.6 Å². The number of aromatic nitrogens is 2. The van der Waals surface area contributed by atoms with Crippen LogP contribution in [0.4, 0.5) is 5.82 Å². The van der Waals surface area contributed by atoms with Crippen molar-refractivity contribution >= 4 is 33.3 Å². The van der Waals surface area contributed by atoms with E-state index in [-0.39, 0.29) is 17.7 Å². The van der Waals surface area contributed by atoms with E-state index in [9.17, 15) is 13.2 Å². The largest absolute Gasteiger partial charge is 0.310 e. The Morgan fingerprint density at radius 1 is 1.22 bits per heavy atom. The summed E-state index contributed by atoms with van der Waals surface area (Å²) in [7, 11) is -3.35. The van der Waals surface area contributed by atoms with Crippen LogP contribution in [0.2, 0.25) is 0 Å². The number of nitrogens with zero attached hydrogens (tertiary/aromatic N) is 2. The first-order chi connectivity index (χ1) is 12.8. The number of carbonyl (C=O) groups is 1. The van der Waals surface area contributed by atoms with E-state index in [1.54, 1.807) is 48.1 Å². The maximum atomic E-state index is 12.6. The highest BCUT2D eigenvalue weighted by molar-refractivity contribution is 8.01. The quantitative estimate of drug-likeness (QED) is 0.629. The van der Waals surface area contributed by atoms with E-state index in [0.717, 1.165) is 6.42 Å². The molecule has 8 heteroatoms. The molecule has 0 aliphatic heterocycles. The molecule has 1 aromatic heterocycles. The molecule has 6 nitrogen and oxygen atoms in total. The van der Waals surface area contributed by atoms with Crippen LogP contribution in [-0.4, -0.2) is 35.1 Å². The molecule has 1 amide bonds. The van der Waals surface area contributed by atoms with E-state index in [1.165, 1.54) is 11.8 Å². The summed E-state index contributed by atoms with van der Waals surface area (Å²) < 4.78 is 26.8. The Kier molecular flexibility index (Phi) is 7.49. The van der Waals surface area contributed by atoms with E-state index in [1.807, 2.05) is 13.8 Å². The summed E-state index contributed by atoms with van der Waals surface area (Å²) in [6.45, 7) is 7.71. The molecule has 2 unspecified atom stereocenters. The van der Waals surface area contributed by atoms with Crippen molar-refractivity contribution in [3.8, 4) is 0 Å². The third kappa shape index (κ3) is 5.35. The second-order valence-electron chi connectivity index (χ2n) is 6.43. The average Bonchev–Trinajstić information content (AvgIpc) is 3.09. The number of anilines is 1. The number of carbonyl (C=O) groups excluding carboxylic acids is 1. The highest BCUT2D eigenvalue weighted by Crippen LogP contribution is 2.31. The molecule has 0 aliphatic carbocycles. The van der Waals surface area contributed by atoms with Crippen molar-refractivity contribution in [1.82, 2.24) is 9.78 Å². The first kappa shape index (κ1) is 21.5. The lowest BCUT2D eigenvalue weighted by molar-refractivity contribution is -0.115. The molecule has 0 fully saturated rings. The average molecular weight is 410 g/mol. The zero-order chi connectivity index (χ0) is 20.0. The minimum atomic E-state index is -3.35. The van der Waals surface area contributed by atoms with Crippen molar-refractivity contribution in [2.75, 3.05) is 11.1 Å². The SMILES string of the molecule is CCCS(=O)(=O)c1ccccc1SC(C)C(=O)Nc1ccnn1C(C)CC. The minimum Gasteiger partial charge on any atom is -0.310 e. The number of thioether (sulfide) groups is 1. The smallest absolute Gasteiger partial charge is 0.238 e. The number of rotatable bonds is 9. The molecule has 0 bridgehead atoms. The lowest BCUT2D eigenvalue weighted by Gasteiger charge is -2.17. The first-order valence-electron chi connectivity index (χ1n) is 9.13. The van der Waals surface area contributed by atoms with Crippen molar-refractivity contribution in [1.29, 1.82) is 0 Å². The maximum Gasteiger partial charge on any atom is 0.238 e. The van der Waals surface area contributed by atoms with E-state index in [2.05, 4.69) is 17.3 Å². The summed E-state index contributed by atoms with van der Waals surface area (Å²) in [5.41, 5.74) is 0. The van der Waals surface area contributed by atoms with Crippen molar-refractivity contribution in [2.24, 2.45) is 0 Å². The molecule has 148 valence electrons. The Balaban J connectivity index is 2.15. The fourth-order valence-electron chi connectivity index (χ4n) is 2.59. The van der Waals surface area contributed by atoms with Gasteiger partial charge in [-0.05, 0) is 38.8 Å². The van der Waals surface area contributed by atoms with Gasteiger partial charge in [0.25, 0.3) is 0 Å². The number of nitrogens with one attached hydrogen (secondary N) is 1. The van der Waals surface area contributed by atoms with Crippen molar-refractivity contribution in [3.05, 3.63) is 36.5 Å². The van der Waals surface area contributed by atoms with Gasteiger partial charge in [-0.25, -0.2) is 13.1 Å².